The van der Waals surface area contributed by atoms with Crippen LogP contribution in [0.15, 0.2) is 10.7 Å². The van der Waals surface area contributed by atoms with Crippen molar-refractivity contribution in [2.75, 3.05) is 0 Å². The van der Waals surface area contributed by atoms with Crippen molar-refractivity contribution >= 4 is 44.5 Å². The van der Waals surface area contributed by atoms with Gasteiger partial charge in [-0.3, -0.25) is 4.98 Å². The van der Waals surface area contributed by atoms with Crippen LogP contribution in [0.1, 0.15) is 22.5 Å². The first kappa shape index (κ1) is 11.8. The number of hydrogen-bond acceptors (Lipinski definition) is 2. The third-order valence-electron chi connectivity index (χ3n) is 1.42. The topological polar surface area (TPSA) is 50.2 Å². The maximum atomic E-state index is 12.3. The van der Waals surface area contributed by atoms with Gasteiger partial charge in [-0.1, -0.05) is 0 Å². The molecule has 0 bridgehead atoms. The average molecular weight is 378 g/mol. The van der Waals surface area contributed by atoms with E-state index in [1.54, 1.807) is 22.6 Å². The standard InChI is InChI=1S/C7H3BrF2INO2/c8-2-1-12-5(6(9)10)4(11)3(2)7(13)14/h1,6H,(H,13,14). The fourth-order valence-corrected chi connectivity index (χ4v) is 2.57. The van der Waals surface area contributed by atoms with Gasteiger partial charge in [-0.15, -0.1) is 0 Å². The lowest BCUT2D eigenvalue weighted by Crippen LogP contribution is -2.06. The fraction of sp³-hybridized carbons (Fsp3) is 0.143. The number of pyridine rings is 1. The summed E-state index contributed by atoms with van der Waals surface area (Å²) in [4.78, 5) is 14.2. The fourth-order valence-electron chi connectivity index (χ4n) is 0.829. The third kappa shape index (κ3) is 2.19. The van der Waals surface area contributed by atoms with Gasteiger partial charge in [0.1, 0.15) is 5.69 Å². The Labute approximate surface area is 99.8 Å². The second kappa shape index (κ2) is 4.47. The molecule has 0 aromatic carbocycles. The van der Waals surface area contributed by atoms with Crippen molar-refractivity contribution in [2.45, 2.75) is 6.43 Å². The number of carboxylic acids is 1. The lowest BCUT2D eigenvalue weighted by atomic mass is 10.2. The van der Waals surface area contributed by atoms with E-state index in [-0.39, 0.29) is 13.6 Å². The highest BCUT2D eigenvalue weighted by molar-refractivity contribution is 14.1. The Bertz CT molecular complexity index is 386. The molecule has 0 aliphatic heterocycles. The summed E-state index contributed by atoms with van der Waals surface area (Å²) in [6.07, 6.45) is -1.71. The van der Waals surface area contributed by atoms with Crippen molar-refractivity contribution < 1.29 is 18.7 Å². The zero-order chi connectivity index (χ0) is 10.9. The van der Waals surface area contributed by atoms with Gasteiger partial charge in [-0.2, -0.15) is 0 Å². The van der Waals surface area contributed by atoms with Crippen LogP contribution < -0.4 is 0 Å². The summed E-state index contributed by atoms with van der Waals surface area (Å²) in [5, 5.41) is 8.75. The number of alkyl halides is 2. The molecule has 1 aromatic heterocycles. The molecular formula is C7H3BrF2INO2. The maximum absolute atomic E-state index is 12.3. The number of nitrogens with zero attached hydrogens (tertiary/aromatic N) is 1. The summed E-state index contributed by atoms with van der Waals surface area (Å²) in [6, 6.07) is 0. The molecule has 0 amide bonds. The molecule has 14 heavy (non-hydrogen) atoms. The first-order chi connectivity index (χ1) is 6.45. The molecule has 7 heteroatoms. The van der Waals surface area contributed by atoms with Crippen LogP contribution in [0.3, 0.4) is 0 Å². The summed E-state index contributed by atoms with van der Waals surface area (Å²) in [5.74, 6) is -1.26. The van der Waals surface area contributed by atoms with Crippen molar-refractivity contribution in [3.8, 4) is 0 Å². The molecule has 76 valence electrons. The predicted molar refractivity (Wildman–Crippen MR) is 56.6 cm³/mol. The van der Waals surface area contributed by atoms with Crippen LogP contribution in [0.4, 0.5) is 8.78 Å². The first-order valence-corrected chi connectivity index (χ1v) is 5.17. The van der Waals surface area contributed by atoms with E-state index in [1.165, 1.54) is 0 Å². The van der Waals surface area contributed by atoms with E-state index in [0.29, 0.717) is 0 Å². The highest BCUT2D eigenvalue weighted by atomic mass is 127. The second-order valence-corrected chi connectivity index (χ2v) is 4.22. The van der Waals surface area contributed by atoms with Gasteiger partial charge < -0.3 is 5.11 Å². The number of aromatic carboxylic acids is 1. The quantitative estimate of drug-likeness (QED) is 0.806. The van der Waals surface area contributed by atoms with Gasteiger partial charge >= 0.3 is 5.97 Å². The van der Waals surface area contributed by atoms with Crippen LogP contribution in [-0.2, 0) is 0 Å². The van der Waals surface area contributed by atoms with Crippen LogP contribution in [0.5, 0.6) is 0 Å². The number of rotatable bonds is 2. The Hall–Kier alpha value is -0.310. The summed E-state index contributed by atoms with van der Waals surface area (Å²) in [6.45, 7) is 0. The zero-order valence-corrected chi connectivity index (χ0v) is 10.2. The van der Waals surface area contributed by atoms with Crippen molar-refractivity contribution in [2.24, 2.45) is 0 Å². The normalized spacial score (nSPS) is 10.6. The minimum atomic E-state index is -2.77. The first-order valence-electron chi connectivity index (χ1n) is 3.30. The molecule has 0 unspecified atom stereocenters. The monoisotopic (exact) mass is 377 g/mol. The van der Waals surface area contributed by atoms with Crippen LogP contribution >= 0.6 is 38.5 Å². The Balaban J connectivity index is 3.41. The molecule has 0 saturated carbocycles. The van der Waals surface area contributed by atoms with Gasteiger partial charge in [0.25, 0.3) is 6.43 Å². The number of carboxylic acid groups (broad SMARTS) is 1. The number of aromatic nitrogens is 1. The van der Waals surface area contributed by atoms with E-state index >= 15 is 0 Å². The van der Waals surface area contributed by atoms with Crippen LogP contribution in [0, 0.1) is 3.57 Å². The van der Waals surface area contributed by atoms with E-state index < -0.39 is 18.1 Å². The van der Waals surface area contributed by atoms with Crippen molar-refractivity contribution in [1.82, 2.24) is 4.98 Å². The smallest absolute Gasteiger partial charge is 0.338 e. The minimum Gasteiger partial charge on any atom is -0.478 e. The molecule has 3 nitrogen and oxygen atoms in total. The van der Waals surface area contributed by atoms with E-state index in [1.807, 2.05) is 0 Å². The van der Waals surface area contributed by atoms with Crippen molar-refractivity contribution in [3.05, 3.63) is 25.5 Å². The Morgan fingerprint density at radius 3 is 2.64 bits per heavy atom. The molecule has 0 aliphatic rings. The molecule has 1 rings (SSSR count). The van der Waals surface area contributed by atoms with Crippen molar-refractivity contribution in [3.63, 3.8) is 0 Å². The molecule has 0 fully saturated rings. The Morgan fingerprint density at radius 2 is 2.21 bits per heavy atom. The van der Waals surface area contributed by atoms with Gasteiger partial charge in [0.15, 0.2) is 0 Å². The molecule has 1 heterocycles. The third-order valence-corrected chi connectivity index (χ3v) is 3.11. The second-order valence-electron chi connectivity index (χ2n) is 2.29. The van der Waals surface area contributed by atoms with Crippen LogP contribution in [-0.4, -0.2) is 16.1 Å². The molecule has 1 aromatic rings. The van der Waals surface area contributed by atoms with Gasteiger partial charge in [0.2, 0.25) is 0 Å². The van der Waals surface area contributed by atoms with Crippen LogP contribution in [0.2, 0.25) is 0 Å². The van der Waals surface area contributed by atoms with E-state index in [9.17, 15) is 13.6 Å². The number of halogens is 4. The molecule has 0 spiro atoms. The van der Waals surface area contributed by atoms with Crippen LogP contribution in [0.25, 0.3) is 0 Å². The molecular weight excluding hydrogens is 375 g/mol. The summed E-state index contributed by atoms with van der Waals surface area (Å²) < 4.78 is 24.8. The van der Waals surface area contributed by atoms with Gasteiger partial charge in [-0.25, -0.2) is 13.6 Å². The number of hydrogen-bond donors (Lipinski definition) is 1. The Morgan fingerprint density at radius 1 is 1.64 bits per heavy atom. The minimum absolute atomic E-state index is 0.0422. The SMILES string of the molecule is O=C(O)c1c(Br)cnc(C(F)F)c1I. The summed E-state index contributed by atoms with van der Waals surface area (Å²) in [7, 11) is 0. The lowest BCUT2D eigenvalue weighted by molar-refractivity contribution is 0.0693. The highest BCUT2D eigenvalue weighted by Gasteiger charge is 2.21. The van der Waals surface area contributed by atoms with Gasteiger partial charge in [0, 0.05) is 6.20 Å². The van der Waals surface area contributed by atoms with Crippen molar-refractivity contribution in [1.29, 1.82) is 0 Å². The van der Waals surface area contributed by atoms with E-state index in [2.05, 4.69) is 20.9 Å². The van der Waals surface area contributed by atoms with E-state index in [0.717, 1.165) is 6.20 Å². The maximum Gasteiger partial charge on any atom is 0.338 e. The number of carbonyl (C=O) groups is 1. The Kier molecular flexibility index (Phi) is 3.76. The average Bonchev–Trinajstić information content (AvgIpc) is 2.02. The highest BCUT2D eigenvalue weighted by Crippen LogP contribution is 2.29. The van der Waals surface area contributed by atoms with E-state index in [4.69, 9.17) is 5.11 Å². The summed E-state index contributed by atoms with van der Waals surface area (Å²) in [5.41, 5.74) is -0.692. The summed E-state index contributed by atoms with van der Waals surface area (Å²) >= 11 is 4.48. The predicted octanol–water partition coefficient (Wildman–Crippen LogP) is 3.08. The largest absolute Gasteiger partial charge is 0.478 e. The zero-order valence-electron chi connectivity index (χ0n) is 6.47. The molecule has 0 saturated heterocycles. The molecule has 0 atom stereocenters. The molecule has 0 aliphatic carbocycles. The van der Waals surface area contributed by atoms with Gasteiger partial charge in [-0.05, 0) is 38.5 Å². The lowest BCUT2D eigenvalue weighted by Gasteiger charge is -2.06. The van der Waals surface area contributed by atoms with Gasteiger partial charge in [0.05, 0.1) is 13.6 Å². The molecule has 1 N–H and O–H groups in total. The molecule has 0 radical (unpaired) electrons.